The van der Waals surface area contributed by atoms with Gasteiger partial charge in [-0.3, -0.25) is 14.7 Å². The normalized spacial score (nSPS) is 21.5. The van der Waals surface area contributed by atoms with E-state index in [2.05, 4.69) is 20.5 Å². The van der Waals surface area contributed by atoms with Crippen LogP contribution in [-0.2, 0) is 4.79 Å². The van der Waals surface area contributed by atoms with E-state index in [1.54, 1.807) is 4.90 Å². The van der Waals surface area contributed by atoms with Gasteiger partial charge in [-0.15, -0.1) is 0 Å². The molecule has 2 aliphatic rings. The Bertz CT molecular complexity index is 1020. The van der Waals surface area contributed by atoms with E-state index in [9.17, 15) is 22.8 Å². The highest BCUT2D eigenvalue weighted by atomic mass is 19.3. The lowest BCUT2D eigenvalue weighted by molar-refractivity contribution is -0.127. The van der Waals surface area contributed by atoms with Crippen LogP contribution < -0.4 is 10.1 Å². The minimum Gasteiger partial charge on any atom is -0.481 e. The van der Waals surface area contributed by atoms with Crippen LogP contribution in [0.25, 0.3) is 11.3 Å². The Labute approximate surface area is 195 Å². The van der Waals surface area contributed by atoms with Crippen molar-refractivity contribution in [2.75, 3.05) is 20.2 Å². The Hall–Kier alpha value is -3.11. The molecular weight excluding hydrogens is 451 g/mol. The predicted molar refractivity (Wildman–Crippen MR) is 117 cm³/mol. The summed E-state index contributed by atoms with van der Waals surface area (Å²) in [4.78, 5) is 31.0. The molecule has 0 spiro atoms. The number of piperidine rings is 1. The fourth-order valence-electron chi connectivity index (χ4n) is 4.65. The SMILES string of the molecule is COc1cc(-c2cc(C(=O)N3CCC(C(=O)NC4CCC(C(F)F)CC4)CC3)[nH]n2)c(F)cn1. The second-order valence-corrected chi connectivity index (χ2v) is 8.89. The van der Waals surface area contributed by atoms with Gasteiger partial charge in [0.2, 0.25) is 18.2 Å². The average molecular weight is 480 g/mol. The molecule has 4 rings (SSSR count). The van der Waals surface area contributed by atoms with Crippen LogP contribution in [0.3, 0.4) is 0 Å². The van der Waals surface area contributed by atoms with E-state index in [1.807, 2.05) is 0 Å². The number of hydrogen-bond acceptors (Lipinski definition) is 5. The lowest BCUT2D eigenvalue weighted by Crippen LogP contribution is -2.46. The van der Waals surface area contributed by atoms with Crippen molar-refractivity contribution in [2.24, 2.45) is 11.8 Å². The third-order valence-corrected chi connectivity index (χ3v) is 6.75. The number of likely N-dealkylation sites (tertiary alicyclic amines) is 1. The first-order valence-electron chi connectivity index (χ1n) is 11.5. The summed E-state index contributed by atoms with van der Waals surface area (Å²) in [5.74, 6) is -1.48. The number of hydrogen-bond donors (Lipinski definition) is 2. The largest absolute Gasteiger partial charge is 0.481 e. The average Bonchev–Trinajstić information content (AvgIpc) is 3.34. The molecule has 184 valence electrons. The number of H-pyrrole nitrogens is 1. The molecule has 2 aromatic heterocycles. The molecule has 0 atom stereocenters. The van der Waals surface area contributed by atoms with Crippen LogP contribution in [0, 0.1) is 17.7 Å². The van der Waals surface area contributed by atoms with E-state index < -0.39 is 18.2 Å². The monoisotopic (exact) mass is 479 g/mol. The Morgan fingerprint density at radius 1 is 1.15 bits per heavy atom. The Morgan fingerprint density at radius 3 is 2.50 bits per heavy atom. The maximum absolute atomic E-state index is 14.2. The van der Waals surface area contributed by atoms with Crippen molar-refractivity contribution in [1.29, 1.82) is 0 Å². The van der Waals surface area contributed by atoms with Crippen molar-refractivity contribution in [2.45, 2.75) is 51.0 Å². The molecular formula is C23H28F3N5O3. The van der Waals surface area contributed by atoms with Gasteiger partial charge < -0.3 is 15.0 Å². The molecule has 2 amide bonds. The molecule has 2 fully saturated rings. The lowest BCUT2D eigenvalue weighted by Gasteiger charge is -2.33. The van der Waals surface area contributed by atoms with Gasteiger partial charge in [0.1, 0.15) is 5.69 Å². The summed E-state index contributed by atoms with van der Waals surface area (Å²) in [6, 6.07) is 2.83. The van der Waals surface area contributed by atoms with Gasteiger partial charge in [0.25, 0.3) is 5.91 Å². The number of pyridine rings is 1. The van der Waals surface area contributed by atoms with Crippen LogP contribution in [-0.4, -0.2) is 64.6 Å². The number of aromatic nitrogens is 3. The smallest absolute Gasteiger partial charge is 0.271 e. The Kier molecular flexibility index (Phi) is 7.38. The third-order valence-electron chi connectivity index (χ3n) is 6.75. The van der Waals surface area contributed by atoms with E-state index in [-0.39, 0.29) is 46.6 Å². The third kappa shape index (κ3) is 5.34. The first-order valence-corrected chi connectivity index (χ1v) is 11.5. The van der Waals surface area contributed by atoms with Gasteiger partial charge in [0.15, 0.2) is 5.82 Å². The Morgan fingerprint density at radius 2 is 1.85 bits per heavy atom. The van der Waals surface area contributed by atoms with Crippen molar-refractivity contribution < 1.29 is 27.5 Å². The van der Waals surface area contributed by atoms with Crippen LogP contribution >= 0.6 is 0 Å². The molecule has 1 saturated heterocycles. The highest BCUT2D eigenvalue weighted by Gasteiger charge is 2.32. The van der Waals surface area contributed by atoms with Crippen molar-refractivity contribution in [1.82, 2.24) is 25.4 Å². The summed E-state index contributed by atoms with van der Waals surface area (Å²) in [5.41, 5.74) is 0.654. The summed E-state index contributed by atoms with van der Waals surface area (Å²) < 4.78 is 44.8. The van der Waals surface area contributed by atoms with E-state index in [0.717, 1.165) is 6.20 Å². The van der Waals surface area contributed by atoms with Crippen molar-refractivity contribution in [3.63, 3.8) is 0 Å². The maximum atomic E-state index is 14.2. The van der Waals surface area contributed by atoms with Gasteiger partial charge in [0, 0.05) is 42.6 Å². The molecule has 0 bridgehead atoms. The van der Waals surface area contributed by atoms with Gasteiger partial charge in [-0.2, -0.15) is 5.10 Å². The van der Waals surface area contributed by atoms with Gasteiger partial charge in [-0.1, -0.05) is 0 Å². The summed E-state index contributed by atoms with van der Waals surface area (Å²) in [6.07, 6.45) is 1.77. The highest BCUT2D eigenvalue weighted by Crippen LogP contribution is 2.30. The fraction of sp³-hybridized carbons (Fsp3) is 0.565. The van der Waals surface area contributed by atoms with Crippen LogP contribution in [0.4, 0.5) is 13.2 Å². The molecule has 8 nitrogen and oxygen atoms in total. The molecule has 1 saturated carbocycles. The molecule has 2 N–H and O–H groups in total. The molecule has 0 radical (unpaired) electrons. The minimum atomic E-state index is -2.30. The van der Waals surface area contributed by atoms with Crippen molar-refractivity contribution in [3.8, 4) is 17.1 Å². The van der Waals surface area contributed by atoms with Gasteiger partial charge in [0.05, 0.1) is 19.0 Å². The zero-order chi connectivity index (χ0) is 24.2. The van der Waals surface area contributed by atoms with E-state index >= 15 is 0 Å². The van der Waals surface area contributed by atoms with Crippen molar-refractivity contribution >= 4 is 11.8 Å². The second-order valence-electron chi connectivity index (χ2n) is 8.89. The summed E-state index contributed by atoms with van der Waals surface area (Å²) in [6.45, 7) is 0.807. The molecule has 3 heterocycles. The van der Waals surface area contributed by atoms with E-state index in [0.29, 0.717) is 51.6 Å². The zero-order valence-corrected chi connectivity index (χ0v) is 18.9. The number of rotatable bonds is 6. The maximum Gasteiger partial charge on any atom is 0.271 e. The van der Waals surface area contributed by atoms with Gasteiger partial charge in [-0.05, 0) is 44.6 Å². The first kappa shape index (κ1) is 24.0. The topological polar surface area (TPSA) is 100 Å². The molecule has 0 aromatic carbocycles. The second kappa shape index (κ2) is 10.4. The molecule has 0 unspecified atom stereocenters. The number of carbonyl (C=O) groups is 2. The minimum absolute atomic E-state index is 0.0576. The van der Waals surface area contributed by atoms with Crippen molar-refractivity contribution in [3.05, 3.63) is 29.8 Å². The standard InChI is InChI=1S/C23H28F3N5O3/c1-34-20-10-16(17(24)12-27-20)18-11-19(30-29-18)23(33)31-8-6-14(7-9-31)22(32)28-15-4-2-13(3-5-15)21(25)26/h10-15,21H,2-9H2,1H3,(H,28,32)(H,29,30). The number of methoxy groups -OCH3 is 1. The number of alkyl halides is 2. The fourth-order valence-corrected chi connectivity index (χ4v) is 4.65. The molecule has 1 aliphatic heterocycles. The predicted octanol–water partition coefficient (Wildman–Crippen LogP) is 3.41. The van der Waals surface area contributed by atoms with Crippen LogP contribution in [0.2, 0.25) is 0 Å². The number of ether oxygens (including phenoxy) is 1. The summed E-state index contributed by atoms with van der Waals surface area (Å²) >= 11 is 0. The number of amides is 2. The molecule has 34 heavy (non-hydrogen) atoms. The first-order chi connectivity index (χ1) is 16.4. The molecule has 11 heteroatoms. The number of nitrogens with zero attached hydrogens (tertiary/aromatic N) is 3. The highest BCUT2D eigenvalue weighted by molar-refractivity contribution is 5.93. The number of halogens is 3. The Balaban J connectivity index is 1.29. The zero-order valence-electron chi connectivity index (χ0n) is 18.9. The number of aromatic amines is 1. The van der Waals surface area contributed by atoms with Crippen LogP contribution in [0.5, 0.6) is 5.88 Å². The summed E-state index contributed by atoms with van der Waals surface area (Å²) in [7, 11) is 1.42. The van der Waals surface area contributed by atoms with E-state index in [4.69, 9.17) is 4.74 Å². The number of carbonyl (C=O) groups excluding carboxylic acids is 2. The van der Waals surface area contributed by atoms with Gasteiger partial charge in [-0.25, -0.2) is 18.2 Å². The van der Waals surface area contributed by atoms with Crippen LogP contribution in [0.1, 0.15) is 49.0 Å². The van der Waals surface area contributed by atoms with E-state index in [1.165, 1.54) is 19.2 Å². The van der Waals surface area contributed by atoms with Crippen LogP contribution in [0.15, 0.2) is 18.3 Å². The molecule has 2 aromatic rings. The van der Waals surface area contributed by atoms with Gasteiger partial charge >= 0.3 is 0 Å². The molecule has 1 aliphatic carbocycles. The quantitative estimate of drug-likeness (QED) is 0.662. The summed E-state index contributed by atoms with van der Waals surface area (Å²) in [5, 5.41) is 9.73. The number of nitrogens with one attached hydrogen (secondary N) is 2. The lowest BCUT2D eigenvalue weighted by atomic mass is 9.85.